The first-order valence-electron chi connectivity index (χ1n) is 11.2. The Balaban J connectivity index is 1.47. The molecule has 0 spiro atoms. The molecule has 4 rings (SSSR count). The lowest BCUT2D eigenvalue weighted by atomic mass is 9.94. The molecule has 0 radical (unpaired) electrons. The van der Waals surface area contributed by atoms with E-state index in [4.69, 9.17) is 4.74 Å². The highest BCUT2D eigenvalue weighted by Gasteiger charge is 2.35. The molecule has 1 aliphatic heterocycles. The minimum Gasteiger partial charge on any atom is -0.383 e. The molecule has 2 N–H and O–H groups in total. The Hall–Kier alpha value is -3.30. The van der Waals surface area contributed by atoms with E-state index in [1.54, 1.807) is 24.9 Å². The fraction of sp³-hybridized carbons (Fsp3) is 0.360. The number of carbonyl (C=O) groups is 1. The van der Waals surface area contributed by atoms with Gasteiger partial charge in [0.25, 0.3) is 0 Å². The number of amides is 2. The van der Waals surface area contributed by atoms with E-state index >= 15 is 0 Å². The van der Waals surface area contributed by atoms with Crippen LogP contribution in [0, 0.1) is 18.6 Å². The molecule has 0 saturated carbocycles. The first kappa shape index (κ1) is 23.8. The number of aromatic nitrogens is 2. The Labute approximate surface area is 197 Å². The minimum atomic E-state index is -0.894. The summed E-state index contributed by atoms with van der Waals surface area (Å²) in [5, 5.41) is 10.4. The second kappa shape index (κ2) is 10.3. The predicted molar refractivity (Wildman–Crippen MR) is 127 cm³/mol. The molecule has 0 unspecified atom stereocenters. The van der Waals surface area contributed by atoms with Crippen molar-refractivity contribution < 1.29 is 18.3 Å². The highest BCUT2D eigenvalue weighted by molar-refractivity contribution is 5.89. The number of carbonyl (C=O) groups excluding carboxylic acids is 1. The largest absolute Gasteiger partial charge is 0.383 e. The lowest BCUT2D eigenvalue weighted by Gasteiger charge is -2.20. The summed E-state index contributed by atoms with van der Waals surface area (Å²) in [6, 6.07) is 13.1. The van der Waals surface area contributed by atoms with Gasteiger partial charge in [-0.05, 0) is 24.6 Å². The summed E-state index contributed by atoms with van der Waals surface area (Å²) < 4.78 is 34.2. The Morgan fingerprint density at radius 1 is 1.12 bits per heavy atom. The number of aryl methyl sites for hydroxylation is 2. The Morgan fingerprint density at radius 3 is 2.59 bits per heavy atom. The third-order valence-electron chi connectivity index (χ3n) is 6.16. The average Bonchev–Trinajstić information content (AvgIpc) is 3.37. The Bertz CT molecular complexity index is 1150. The van der Waals surface area contributed by atoms with Gasteiger partial charge in [-0.1, -0.05) is 35.9 Å². The molecular weight excluding hydrogens is 440 g/mol. The first-order valence-corrected chi connectivity index (χ1v) is 11.2. The minimum absolute atomic E-state index is 0.188. The number of rotatable bonds is 7. The smallest absolute Gasteiger partial charge is 0.320 e. The number of nitrogens with one attached hydrogen (secondary N) is 2. The summed E-state index contributed by atoms with van der Waals surface area (Å²) in [6.45, 7) is 4.41. The van der Waals surface area contributed by atoms with E-state index in [0.29, 0.717) is 37.6 Å². The van der Waals surface area contributed by atoms with Crippen molar-refractivity contribution in [2.75, 3.05) is 38.7 Å². The van der Waals surface area contributed by atoms with Crippen molar-refractivity contribution in [1.82, 2.24) is 20.0 Å². The van der Waals surface area contributed by atoms with Crippen LogP contribution in [0.3, 0.4) is 0 Å². The predicted octanol–water partition coefficient (Wildman–Crippen LogP) is 3.91. The van der Waals surface area contributed by atoms with Crippen molar-refractivity contribution in [2.45, 2.75) is 18.9 Å². The maximum absolute atomic E-state index is 13.9. The molecule has 2 aromatic carbocycles. The molecule has 1 aliphatic rings. The van der Waals surface area contributed by atoms with E-state index in [9.17, 15) is 13.6 Å². The molecule has 180 valence electrons. The van der Waals surface area contributed by atoms with Crippen LogP contribution in [0.15, 0.2) is 48.5 Å². The summed E-state index contributed by atoms with van der Waals surface area (Å²) in [7, 11) is 3.39. The quantitative estimate of drug-likeness (QED) is 0.551. The monoisotopic (exact) mass is 469 g/mol. The third-order valence-corrected chi connectivity index (χ3v) is 6.16. The van der Waals surface area contributed by atoms with Crippen LogP contribution in [0.25, 0.3) is 11.3 Å². The molecule has 1 fully saturated rings. The van der Waals surface area contributed by atoms with E-state index in [0.717, 1.165) is 22.9 Å². The van der Waals surface area contributed by atoms with Crippen LogP contribution in [-0.2, 0) is 11.8 Å². The van der Waals surface area contributed by atoms with Gasteiger partial charge < -0.3 is 10.1 Å². The lowest BCUT2D eigenvalue weighted by Crippen LogP contribution is -2.42. The van der Waals surface area contributed by atoms with Crippen LogP contribution in [0.1, 0.15) is 17.0 Å². The van der Waals surface area contributed by atoms with Gasteiger partial charge in [0, 0.05) is 51.3 Å². The topological polar surface area (TPSA) is 71.4 Å². The highest BCUT2D eigenvalue weighted by Crippen LogP contribution is 2.29. The third kappa shape index (κ3) is 5.43. The summed E-state index contributed by atoms with van der Waals surface area (Å²) in [6.07, 6.45) is 0. The van der Waals surface area contributed by atoms with Crippen LogP contribution < -0.4 is 10.6 Å². The van der Waals surface area contributed by atoms with Crippen molar-refractivity contribution in [3.8, 4) is 11.3 Å². The molecule has 2 heterocycles. The van der Waals surface area contributed by atoms with Crippen molar-refractivity contribution in [3.63, 3.8) is 0 Å². The van der Waals surface area contributed by atoms with Crippen molar-refractivity contribution in [3.05, 3.63) is 71.3 Å². The zero-order chi connectivity index (χ0) is 24.2. The summed E-state index contributed by atoms with van der Waals surface area (Å²) in [5.41, 5.74) is 3.51. The molecule has 2 amide bonds. The van der Waals surface area contributed by atoms with E-state index in [1.807, 2.05) is 37.3 Å². The molecule has 0 bridgehead atoms. The molecule has 7 nitrogen and oxygen atoms in total. The number of likely N-dealkylation sites (tertiary alicyclic amines) is 1. The summed E-state index contributed by atoms with van der Waals surface area (Å²) >= 11 is 0. The standard InChI is InChI=1S/C25H29F2N5O2/c1-16-4-6-17(7-5-16)22-13-24(31(2)30-22)29-25(33)28-23-15-32(10-11-34-3)14-19(23)18-8-9-20(26)21(27)12-18/h4-9,12-13,19,23H,10-11,14-15H2,1-3H3,(H2,28,29,33)/t19-,23+/m0/s1. The van der Waals surface area contributed by atoms with E-state index in [-0.39, 0.29) is 18.0 Å². The first-order chi connectivity index (χ1) is 16.3. The summed E-state index contributed by atoms with van der Waals surface area (Å²) in [5.74, 6) is -1.42. The fourth-order valence-corrected chi connectivity index (χ4v) is 4.29. The number of halogens is 2. The van der Waals surface area contributed by atoms with Gasteiger partial charge in [-0.15, -0.1) is 0 Å². The van der Waals surface area contributed by atoms with Crippen LogP contribution in [0.5, 0.6) is 0 Å². The molecule has 34 heavy (non-hydrogen) atoms. The van der Waals surface area contributed by atoms with E-state index in [1.165, 1.54) is 6.07 Å². The zero-order valence-electron chi connectivity index (χ0n) is 19.5. The van der Waals surface area contributed by atoms with Crippen LogP contribution in [0.4, 0.5) is 19.4 Å². The molecule has 1 saturated heterocycles. The fourth-order valence-electron chi connectivity index (χ4n) is 4.29. The number of urea groups is 1. The maximum Gasteiger partial charge on any atom is 0.320 e. The number of anilines is 1. The molecule has 0 aliphatic carbocycles. The van der Waals surface area contributed by atoms with Crippen LogP contribution in [0.2, 0.25) is 0 Å². The highest BCUT2D eigenvalue weighted by atomic mass is 19.2. The van der Waals surface area contributed by atoms with Gasteiger partial charge in [0.1, 0.15) is 5.82 Å². The van der Waals surface area contributed by atoms with Gasteiger partial charge in [0.05, 0.1) is 18.3 Å². The average molecular weight is 470 g/mol. The molecule has 2 atom stereocenters. The number of hydrogen-bond acceptors (Lipinski definition) is 4. The van der Waals surface area contributed by atoms with Gasteiger partial charge in [-0.3, -0.25) is 14.9 Å². The zero-order valence-corrected chi connectivity index (χ0v) is 19.5. The number of nitrogens with zero attached hydrogens (tertiary/aromatic N) is 3. The second-order valence-electron chi connectivity index (χ2n) is 8.64. The van der Waals surface area contributed by atoms with Gasteiger partial charge >= 0.3 is 6.03 Å². The van der Waals surface area contributed by atoms with Gasteiger partial charge in [0.2, 0.25) is 0 Å². The number of benzene rings is 2. The van der Waals surface area contributed by atoms with E-state index in [2.05, 4.69) is 20.6 Å². The van der Waals surface area contributed by atoms with Crippen molar-refractivity contribution >= 4 is 11.8 Å². The van der Waals surface area contributed by atoms with Crippen LogP contribution >= 0.6 is 0 Å². The Morgan fingerprint density at radius 2 is 1.88 bits per heavy atom. The second-order valence-corrected chi connectivity index (χ2v) is 8.64. The van der Waals surface area contributed by atoms with E-state index < -0.39 is 11.6 Å². The van der Waals surface area contributed by atoms with Crippen molar-refractivity contribution in [2.24, 2.45) is 7.05 Å². The maximum atomic E-state index is 13.9. The normalized spacial score (nSPS) is 18.3. The Kier molecular flexibility index (Phi) is 7.23. The van der Waals surface area contributed by atoms with Gasteiger partial charge in [-0.25, -0.2) is 13.6 Å². The van der Waals surface area contributed by atoms with Gasteiger partial charge in [-0.2, -0.15) is 5.10 Å². The SMILES string of the molecule is COCCN1C[C@@H](NC(=O)Nc2cc(-c3ccc(C)cc3)nn2C)[C@H](c2ccc(F)c(F)c2)C1. The molecule has 9 heteroatoms. The lowest BCUT2D eigenvalue weighted by molar-refractivity contribution is 0.159. The number of methoxy groups -OCH3 is 1. The molecule has 1 aromatic heterocycles. The van der Waals surface area contributed by atoms with Gasteiger partial charge in [0.15, 0.2) is 11.6 Å². The number of ether oxygens (including phenoxy) is 1. The molecular formula is C25H29F2N5O2. The van der Waals surface area contributed by atoms with Crippen LogP contribution in [-0.4, -0.2) is 60.1 Å². The number of hydrogen-bond donors (Lipinski definition) is 2. The molecule has 3 aromatic rings. The summed E-state index contributed by atoms with van der Waals surface area (Å²) in [4.78, 5) is 15.0. The van der Waals surface area contributed by atoms with Crippen molar-refractivity contribution in [1.29, 1.82) is 0 Å².